The second-order valence-electron chi connectivity index (χ2n) is 5.31. The van der Waals surface area contributed by atoms with Crippen LogP contribution in [0.25, 0.3) is 0 Å². The molecule has 1 unspecified atom stereocenters. The number of benzene rings is 1. The molecule has 1 aliphatic carbocycles. The molecule has 1 aliphatic rings. The summed E-state index contributed by atoms with van der Waals surface area (Å²) in [7, 11) is -3.73. The topological polar surface area (TPSA) is 60.4 Å². The van der Waals surface area contributed by atoms with E-state index in [2.05, 4.69) is 0 Å². The Morgan fingerprint density at radius 3 is 2.45 bits per heavy atom. The Morgan fingerprint density at radius 2 is 1.75 bits per heavy atom. The van der Waals surface area contributed by atoms with Crippen molar-refractivity contribution in [1.82, 2.24) is 0 Å². The second kappa shape index (κ2) is 6.50. The number of ketones is 1. The highest BCUT2D eigenvalue weighted by molar-refractivity contribution is 7.86. The Bertz CT molecular complexity index is 560. The lowest BCUT2D eigenvalue weighted by Crippen LogP contribution is -2.21. The summed E-state index contributed by atoms with van der Waals surface area (Å²) < 4.78 is 29.7. The van der Waals surface area contributed by atoms with Crippen molar-refractivity contribution in [3.63, 3.8) is 0 Å². The molecular weight excluding hydrogens is 276 g/mol. The van der Waals surface area contributed by atoms with E-state index >= 15 is 0 Å². The van der Waals surface area contributed by atoms with E-state index in [4.69, 9.17) is 4.18 Å². The van der Waals surface area contributed by atoms with Gasteiger partial charge in [-0.3, -0.25) is 8.98 Å². The quantitative estimate of drug-likeness (QED) is 0.804. The minimum Gasteiger partial charge on any atom is -0.300 e. The lowest BCUT2D eigenvalue weighted by atomic mass is 9.98. The van der Waals surface area contributed by atoms with Crippen molar-refractivity contribution < 1.29 is 17.4 Å². The average Bonchev–Trinajstić information content (AvgIpc) is 2.38. The van der Waals surface area contributed by atoms with Gasteiger partial charge in [-0.25, -0.2) is 0 Å². The van der Waals surface area contributed by atoms with Crippen LogP contribution in [-0.4, -0.2) is 20.3 Å². The Hall–Kier alpha value is -1.20. The summed E-state index contributed by atoms with van der Waals surface area (Å²) in [6, 6.07) is 6.60. The van der Waals surface area contributed by atoms with E-state index in [0.29, 0.717) is 25.7 Å². The van der Waals surface area contributed by atoms with Gasteiger partial charge < -0.3 is 0 Å². The second-order valence-corrected chi connectivity index (χ2v) is 6.88. The molecule has 0 amide bonds. The monoisotopic (exact) mass is 296 g/mol. The number of hydrogen-bond donors (Lipinski definition) is 0. The van der Waals surface area contributed by atoms with Gasteiger partial charge in [-0.2, -0.15) is 8.42 Å². The molecule has 0 N–H and O–H groups in total. The third kappa shape index (κ3) is 4.15. The van der Waals surface area contributed by atoms with E-state index < -0.39 is 10.1 Å². The first-order valence-corrected chi connectivity index (χ1v) is 8.40. The van der Waals surface area contributed by atoms with Crippen molar-refractivity contribution in [2.24, 2.45) is 0 Å². The highest BCUT2D eigenvalue weighted by atomic mass is 32.2. The van der Waals surface area contributed by atoms with Gasteiger partial charge >= 0.3 is 0 Å². The SMILES string of the molecule is Cc1ccc(S(=O)(=O)OC2CCCCC(=O)CC2)cc1. The lowest BCUT2D eigenvalue weighted by molar-refractivity contribution is -0.120. The van der Waals surface area contributed by atoms with Crippen LogP contribution in [0.4, 0.5) is 0 Å². The molecule has 4 nitrogen and oxygen atoms in total. The lowest BCUT2D eigenvalue weighted by Gasteiger charge is -2.19. The van der Waals surface area contributed by atoms with Gasteiger partial charge in [0, 0.05) is 12.8 Å². The predicted octanol–water partition coefficient (Wildman–Crippen LogP) is 2.99. The summed E-state index contributed by atoms with van der Waals surface area (Å²) in [5.74, 6) is 0.200. The summed E-state index contributed by atoms with van der Waals surface area (Å²) in [5.41, 5.74) is 1.00. The Morgan fingerprint density at radius 1 is 1.05 bits per heavy atom. The van der Waals surface area contributed by atoms with E-state index in [1.165, 1.54) is 0 Å². The Labute approximate surface area is 120 Å². The zero-order chi connectivity index (χ0) is 14.6. The first-order chi connectivity index (χ1) is 9.47. The van der Waals surface area contributed by atoms with Crippen molar-refractivity contribution >= 4 is 15.9 Å². The van der Waals surface area contributed by atoms with Crippen molar-refractivity contribution in [2.75, 3.05) is 0 Å². The molecule has 1 fully saturated rings. The molecule has 0 heterocycles. The standard InChI is InChI=1S/C15H20O4S/c1-12-6-10-15(11-7-12)20(17,18)19-14-5-3-2-4-13(16)8-9-14/h6-7,10-11,14H,2-5,8-9H2,1H3. The van der Waals surface area contributed by atoms with E-state index in [1.807, 2.05) is 6.92 Å². The van der Waals surface area contributed by atoms with Crippen LogP contribution in [-0.2, 0) is 19.1 Å². The van der Waals surface area contributed by atoms with Gasteiger partial charge in [-0.15, -0.1) is 0 Å². The van der Waals surface area contributed by atoms with Gasteiger partial charge in [0.25, 0.3) is 10.1 Å². The number of carbonyl (C=O) groups is 1. The maximum Gasteiger partial charge on any atom is 0.297 e. The van der Waals surface area contributed by atoms with E-state index in [9.17, 15) is 13.2 Å². The molecule has 1 atom stereocenters. The fourth-order valence-corrected chi connectivity index (χ4v) is 3.45. The molecular formula is C15H20O4S. The van der Waals surface area contributed by atoms with Crippen LogP contribution in [0.5, 0.6) is 0 Å². The van der Waals surface area contributed by atoms with Crippen molar-refractivity contribution in [1.29, 1.82) is 0 Å². The van der Waals surface area contributed by atoms with Crippen molar-refractivity contribution in [3.8, 4) is 0 Å². The number of carbonyl (C=O) groups excluding carboxylic acids is 1. The van der Waals surface area contributed by atoms with Gasteiger partial charge in [0.05, 0.1) is 11.0 Å². The van der Waals surface area contributed by atoms with E-state index in [-0.39, 0.29) is 16.8 Å². The molecule has 0 radical (unpaired) electrons. The molecule has 1 aromatic rings. The minimum absolute atomic E-state index is 0.177. The van der Waals surface area contributed by atoms with Crippen LogP contribution in [0.2, 0.25) is 0 Å². The summed E-state index contributed by atoms with van der Waals surface area (Å²) in [6.07, 6.45) is 3.47. The van der Waals surface area contributed by atoms with Gasteiger partial charge in [-0.05, 0) is 38.3 Å². The smallest absolute Gasteiger partial charge is 0.297 e. The zero-order valence-electron chi connectivity index (χ0n) is 11.7. The third-order valence-corrected chi connectivity index (χ3v) is 4.92. The van der Waals surface area contributed by atoms with Gasteiger partial charge in [0.1, 0.15) is 5.78 Å². The summed E-state index contributed by atoms with van der Waals surface area (Å²) in [5, 5.41) is 0. The highest BCUT2D eigenvalue weighted by Crippen LogP contribution is 2.22. The molecule has 20 heavy (non-hydrogen) atoms. The van der Waals surface area contributed by atoms with Crippen LogP contribution in [0, 0.1) is 6.92 Å². The summed E-state index contributed by atoms with van der Waals surface area (Å²) in [4.78, 5) is 11.6. The normalized spacial score (nSPS) is 21.2. The van der Waals surface area contributed by atoms with Crippen LogP contribution in [0.1, 0.15) is 44.1 Å². The molecule has 0 saturated heterocycles. The molecule has 0 bridgehead atoms. The number of Topliss-reactive ketones (excluding diaryl/α,β-unsaturated/α-hetero) is 1. The maximum absolute atomic E-state index is 12.2. The van der Waals surface area contributed by atoms with Crippen LogP contribution in [0.15, 0.2) is 29.2 Å². The first-order valence-electron chi connectivity index (χ1n) is 6.99. The molecule has 2 rings (SSSR count). The molecule has 110 valence electrons. The Kier molecular flexibility index (Phi) is 4.94. The number of aryl methyl sites for hydroxylation is 1. The first kappa shape index (κ1) is 15.2. The molecule has 1 saturated carbocycles. The molecule has 0 aliphatic heterocycles. The maximum atomic E-state index is 12.2. The Balaban J connectivity index is 2.06. The van der Waals surface area contributed by atoms with Crippen molar-refractivity contribution in [2.45, 2.75) is 56.4 Å². The fraction of sp³-hybridized carbons (Fsp3) is 0.533. The third-order valence-electron chi connectivity index (χ3n) is 3.55. The zero-order valence-corrected chi connectivity index (χ0v) is 12.5. The van der Waals surface area contributed by atoms with E-state index in [1.54, 1.807) is 24.3 Å². The summed E-state index contributed by atoms with van der Waals surface area (Å²) >= 11 is 0. The number of hydrogen-bond acceptors (Lipinski definition) is 4. The largest absolute Gasteiger partial charge is 0.300 e. The molecule has 0 aromatic heterocycles. The molecule has 5 heteroatoms. The van der Waals surface area contributed by atoms with Crippen LogP contribution in [0.3, 0.4) is 0 Å². The highest BCUT2D eigenvalue weighted by Gasteiger charge is 2.23. The minimum atomic E-state index is -3.73. The fourth-order valence-electron chi connectivity index (χ4n) is 2.32. The van der Waals surface area contributed by atoms with Gasteiger partial charge in [-0.1, -0.05) is 24.1 Å². The van der Waals surface area contributed by atoms with Crippen LogP contribution < -0.4 is 0 Å². The number of rotatable bonds is 3. The average molecular weight is 296 g/mol. The van der Waals surface area contributed by atoms with E-state index in [0.717, 1.165) is 18.4 Å². The van der Waals surface area contributed by atoms with Crippen LogP contribution >= 0.6 is 0 Å². The summed E-state index contributed by atoms with van der Waals surface area (Å²) in [6.45, 7) is 1.90. The van der Waals surface area contributed by atoms with Gasteiger partial charge in [0.15, 0.2) is 0 Å². The predicted molar refractivity (Wildman–Crippen MR) is 75.9 cm³/mol. The molecule has 0 spiro atoms. The molecule has 1 aromatic carbocycles. The van der Waals surface area contributed by atoms with Crippen molar-refractivity contribution in [3.05, 3.63) is 29.8 Å². The van der Waals surface area contributed by atoms with Gasteiger partial charge in [0.2, 0.25) is 0 Å².